The van der Waals surface area contributed by atoms with E-state index >= 15 is 0 Å². The lowest BCUT2D eigenvalue weighted by molar-refractivity contribution is 1.28. The molecule has 10 aromatic rings. The zero-order chi connectivity index (χ0) is 48.0. The second-order valence-corrected chi connectivity index (χ2v) is 28.7. The number of hydrogen-bond acceptors (Lipinski definition) is 2. The van der Waals surface area contributed by atoms with Gasteiger partial charge in [0, 0.05) is 44.2 Å². The molecule has 0 radical (unpaired) electrons. The molecule has 3 nitrogen and oxygen atoms in total. The second-order valence-electron chi connectivity index (χ2n) is 19.2. The summed E-state index contributed by atoms with van der Waals surface area (Å²) >= 11 is 12.7. The summed E-state index contributed by atoms with van der Waals surface area (Å²) in [5.74, 6) is 0. The molecule has 0 spiro atoms. The fraction of sp³-hybridized carbons (Fsp3) is 0.0625. The van der Waals surface area contributed by atoms with Crippen molar-refractivity contribution in [3.05, 3.63) is 259 Å². The molecule has 2 aliphatic heterocycles. The molecule has 12 rings (SSSR count). The zero-order valence-corrected chi connectivity index (χ0v) is 43.8. The molecule has 10 aromatic carbocycles. The average Bonchev–Trinajstić information content (AvgIpc) is 3.53. The van der Waals surface area contributed by atoms with Crippen LogP contribution in [0.2, 0.25) is 36.2 Å². The predicted octanol–water partition coefficient (Wildman–Crippen LogP) is 17.3. The van der Waals surface area contributed by atoms with Gasteiger partial charge in [-0.15, -0.1) is 0 Å². The molecule has 2 N–H and O–H groups in total. The number of benzene rings is 10. The molecule has 0 saturated carbocycles. The molecule has 0 unspecified atom stereocenters. The Balaban J connectivity index is 0.000000203. The first-order chi connectivity index (χ1) is 34.1. The molecule has 0 bridgehead atoms. The van der Waals surface area contributed by atoms with Gasteiger partial charge in [-0.1, -0.05) is 195 Å². The van der Waals surface area contributed by atoms with Crippen LogP contribution >= 0.6 is 23.2 Å². The van der Waals surface area contributed by atoms with Crippen LogP contribution < -0.4 is 30.5 Å². The van der Waals surface area contributed by atoms with E-state index in [0.29, 0.717) is 0 Å². The molecular formula is C64H54Cl2N3Si2-. The van der Waals surface area contributed by atoms with Crippen molar-refractivity contribution >= 4 is 94.2 Å². The van der Waals surface area contributed by atoms with Gasteiger partial charge in [0.2, 0.25) is 0 Å². The van der Waals surface area contributed by atoms with Crippen molar-refractivity contribution in [3.8, 4) is 44.5 Å². The van der Waals surface area contributed by atoms with Crippen LogP contribution in [-0.4, -0.2) is 16.1 Å². The van der Waals surface area contributed by atoms with Crippen molar-refractivity contribution in [2.24, 2.45) is 0 Å². The monoisotopic (exact) mass is 990 g/mol. The van der Waals surface area contributed by atoms with Crippen LogP contribution in [0.3, 0.4) is 0 Å². The zero-order valence-electron chi connectivity index (χ0n) is 40.3. The first kappa shape index (κ1) is 47.5. The maximum absolute atomic E-state index is 6.34. The van der Waals surface area contributed by atoms with Crippen LogP contribution in [0.4, 0.5) is 34.1 Å². The number of halogens is 2. The third kappa shape index (κ3) is 8.75. The molecule has 348 valence electrons. The van der Waals surface area contributed by atoms with Crippen LogP contribution in [0.25, 0.3) is 50.7 Å². The van der Waals surface area contributed by atoms with Gasteiger partial charge in [-0.3, -0.25) is 0 Å². The van der Waals surface area contributed by atoms with Crippen molar-refractivity contribution in [1.29, 1.82) is 0 Å². The minimum atomic E-state index is -2.29. The van der Waals surface area contributed by atoms with E-state index in [9.17, 15) is 0 Å². The molecule has 0 aliphatic carbocycles. The summed E-state index contributed by atoms with van der Waals surface area (Å²) in [5, 5.41) is 7.24. The van der Waals surface area contributed by atoms with E-state index in [4.69, 9.17) is 23.2 Å². The fourth-order valence-electron chi connectivity index (χ4n) is 10.8. The molecule has 2 heterocycles. The van der Waals surface area contributed by atoms with E-state index in [2.05, 4.69) is 267 Å². The van der Waals surface area contributed by atoms with E-state index < -0.39 is 16.1 Å². The smallest absolute Gasteiger partial charge is 0.114 e. The molecule has 0 saturated heterocycles. The molecular weight excluding hydrogens is 938 g/mol. The number of nitrogens with zero attached hydrogens (tertiary/aromatic N) is 2. The predicted molar refractivity (Wildman–Crippen MR) is 313 cm³/mol. The Bertz CT molecular complexity index is 3220. The largest absolute Gasteiger partial charge is 0.693 e. The number of fused-ring (bicyclic) bond motifs is 10. The van der Waals surface area contributed by atoms with Crippen LogP contribution in [0.1, 0.15) is 0 Å². The molecule has 2 aliphatic rings. The van der Waals surface area contributed by atoms with Crippen LogP contribution in [0.15, 0.2) is 243 Å². The quantitative estimate of drug-likeness (QED) is 0.156. The number of nitrogens with two attached hydrogens (primary N) is 1. The summed E-state index contributed by atoms with van der Waals surface area (Å²) in [6, 6.07) is 87.3. The van der Waals surface area contributed by atoms with Crippen LogP contribution in [0.5, 0.6) is 0 Å². The van der Waals surface area contributed by atoms with Gasteiger partial charge in [0.15, 0.2) is 0 Å². The first-order valence-corrected chi connectivity index (χ1v) is 30.7. The molecule has 0 atom stereocenters. The van der Waals surface area contributed by atoms with Crippen molar-refractivity contribution in [1.82, 2.24) is 0 Å². The van der Waals surface area contributed by atoms with Gasteiger partial charge in [-0.2, -0.15) is 0 Å². The molecule has 7 heteroatoms. The summed E-state index contributed by atoms with van der Waals surface area (Å²) in [4.78, 5) is 4.76. The van der Waals surface area contributed by atoms with Crippen molar-refractivity contribution in [2.45, 2.75) is 26.2 Å². The highest BCUT2D eigenvalue weighted by Crippen LogP contribution is 2.42. The minimum absolute atomic E-state index is 0. The number of hydrogen-bond donors (Lipinski definition) is 0. The summed E-state index contributed by atoms with van der Waals surface area (Å²) < 4.78 is 0. The Labute approximate surface area is 430 Å². The Morgan fingerprint density at radius 1 is 0.254 bits per heavy atom. The highest BCUT2D eigenvalue weighted by Gasteiger charge is 2.37. The van der Waals surface area contributed by atoms with Gasteiger partial charge in [0.05, 0.1) is 0 Å². The molecule has 0 aromatic heterocycles. The third-order valence-electron chi connectivity index (χ3n) is 14.3. The maximum atomic E-state index is 6.34. The van der Waals surface area contributed by atoms with E-state index in [1.165, 1.54) is 76.6 Å². The Hall–Kier alpha value is -7.23. The normalized spacial score (nSPS) is 13.0. The average molecular weight is 992 g/mol. The summed E-state index contributed by atoms with van der Waals surface area (Å²) in [6.07, 6.45) is 0. The summed E-state index contributed by atoms with van der Waals surface area (Å²) in [6.45, 7) is 9.80. The van der Waals surface area contributed by atoms with Crippen molar-refractivity contribution < 1.29 is 0 Å². The number of para-hydroxylation sites is 4. The van der Waals surface area contributed by atoms with Crippen molar-refractivity contribution in [2.75, 3.05) is 9.80 Å². The van der Waals surface area contributed by atoms with Gasteiger partial charge in [0.25, 0.3) is 0 Å². The topological polar surface area (TPSA) is 40.0 Å². The third-order valence-corrected chi connectivity index (χ3v) is 21.8. The number of anilines is 6. The second kappa shape index (κ2) is 19.5. The highest BCUT2D eigenvalue weighted by molar-refractivity contribution is 7.03. The molecule has 0 amide bonds. The maximum Gasteiger partial charge on any atom is 0.114 e. The minimum Gasteiger partial charge on any atom is -0.693 e. The standard InChI is InChI=1S/C44H36N2Si.C20H16Cl2Si.H2N/c1-47(2)43-31-37(45(33-17-7-3-8-18-33)34-19-9-4-10-20-34)27-29-41(43)39-25-15-16-26-40(39)42-30-28-38(32-44(42)47)46(35-21-11-5-12-22-35)36-23-13-6-14-24-36;1-23(2)19-11-13(21)7-9-17(19)15-5-3-4-6-16(15)18-10-8-14(22)12-20(18)23;/h3-32H,1-2H3;3-12H,1-2H3;1H2/q;;-1. The Kier molecular flexibility index (Phi) is 13.0. The van der Waals surface area contributed by atoms with E-state index in [-0.39, 0.29) is 6.15 Å². The Morgan fingerprint density at radius 2 is 0.493 bits per heavy atom. The lowest BCUT2D eigenvalue weighted by Crippen LogP contribution is -2.53. The van der Waals surface area contributed by atoms with Gasteiger partial charge in [-0.25, -0.2) is 0 Å². The lowest BCUT2D eigenvalue weighted by atomic mass is 9.94. The van der Waals surface area contributed by atoms with Crippen LogP contribution in [-0.2, 0) is 0 Å². The van der Waals surface area contributed by atoms with Crippen LogP contribution in [0, 0.1) is 0 Å². The number of rotatable bonds is 6. The summed E-state index contributed by atoms with van der Waals surface area (Å²) in [7, 11) is -4.20. The van der Waals surface area contributed by atoms with Gasteiger partial charge in [-0.05, 0) is 162 Å². The first-order valence-electron chi connectivity index (χ1n) is 24.0. The van der Waals surface area contributed by atoms with E-state index in [1.54, 1.807) is 0 Å². The lowest BCUT2D eigenvalue weighted by Gasteiger charge is -2.32. The highest BCUT2D eigenvalue weighted by atomic mass is 35.5. The van der Waals surface area contributed by atoms with E-state index in [1.807, 2.05) is 12.1 Å². The SMILES string of the molecule is C[Si]1(C)c2cc(Cl)ccc2-c2ccccc2-c2ccc(Cl)cc21.C[Si]1(C)c2cc(N(c3ccccc3)c3ccccc3)ccc2-c2ccccc2-c2ccc(N(c3ccccc3)c3ccccc3)cc21.[NH2-]. The molecule has 0 fully saturated rings. The van der Waals surface area contributed by atoms with Crippen molar-refractivity contribution in [3.63, 3.8) is 0 Å². The van der Waals surface area contributed by atoms with Gasteiger partial charge in [0.1, 0.15) is 16.1 Å². The summed E-state index contributed by atoms with van der Waals surface area (Å²) in [5.41, 5.74) is 17.4. The van der Waals surface area contributed by atoms with Gasteiger partial charge >= 0.3 is 0 Å². The van der Waals surface area contributed by atoms with E-state index in [0.717, 1.165) is 32.8 Å². The van der Waals surface area contributed by atoms with Gasteiger partial charge < -0.3 is 16.0 Å². The molecule has 71 heavy (non-hydrogen) atoms. The Morgan fingerprint density at radius 3 is 0.775 bits per heavy atom. The fourth-order valence-corrected chi connectivity index (χ4v) is 17.5.